The van der Waals surface area contributed by atoms with Crippen molar-refractivity contribution in [2.75, 3.05) is 6.54 Å². The molecule has 1 unspecified atom stereocenters. The summed E-state index contributed by atoms with van der Waals surface area (Å²) in [6.07, 6.45) is 5.56. The molecule has 2 heterocycles. The van der Waals surface area contributed by atoms with Crippen molar-refractivity contribution in [2.45, 2.75) is 26.8 Å². The maximum Gasteiger partial charge on any atom is 0.142 e. The van der Waals surface area contributed by atoms with Gasteiger partial charge in [-0.1, -0.05) is 13.0 Å². The predicted molar refractivity (Wildman–Crippen MR) is 68.2 cm³/mol. The van der Waals surface area contributed by atoms with Gasteiger partial charge in [0.25, 0.3) is 0 Å². The van der Waals surface area contributed by atoms with Gasteiger partial charge in [0.05, 0.1) is 0 Å². The van der Waals surface area contributed by atoms with Gasteiger partial charge in [0.15, 0.2) is 0 Å². The molecule has 1 N–H and O–H groups in total. The third kappa shape index (κ3) is 2.36. The van der Waals surface area contributed by atoms with E-state index in [0.717, 1.165) is 18.2 Å². The summed E-state index contributed by atoms with van der Waals surface area (Å²) in [5.41, 5.74) is 1.19. The monoisotopic (exact) mass is 230 g/mol. The number of imidazole rings is 1. The Balaban J connectivity index is 2.44. The molecular weight excluding hydrogens is 212 g/mol. The lowest BCUT2D eigenvalue weighted by Crippen LogP contribution is -2.20. The van der Waals surface area contributed by atoms with Crippen LogP contribution in [-0.4, -0.2) is 21.1 Å². The fourth-order valence-corrected chi connectivity index (χ4v) is 1.97. The average Bonchev–Trinajstić information content (AvgIpc) is 2.76. The van der Waals surface area contributed by atoms with Crippen molar-refractivity contribution in [3.8, 4) is 5.82 Å². The lowest BCUT2D eigenvalue weighted by atomic mass is 10.1. The minimum absolute atomic E-state index is 0.283. The Morgan fingerprint density at radius 3 is 2.82 bits per heavy atom. The smallest absolute Gasteiger partial charge is 0.142 e. The molecule has 2 aromatic rings. The van der Waals surface area contributed by atoms with E-state index in [1.54, 1.807) is 6.20 Å². The molecule has 0 spiro atoms. The molecular formula is C13H18N4. The highest BCUT2D eigenvalue weighted by Crippen LogP contribution is 2.20. The number of aryl methyl sites for hydroxylation is 1. The van der Waals surface area contributed by atoms with E-state index in [0.29, 0.717) is 0 Å². The molecule has 0 saturated carbocycles. The van der Waals surface area contributed by atoms with E-state index in [2.05, 4.69) is 35.2 Å². The first-order valence-corrected chi connectivity index (χ1v) is 5.92. The molecule has 0 saturated heterocycles. The van der Waals surface area contributed by atoms with Crippen LogP contribution in [0.25, 0.3) is 5.82 Å². The number of pyridine rings is 1. The third-order valence-electron chi connectivity index (χ3n) is 2.85. The number of hydrogen-bond donors (Lipinski definition) is 1. The summed E-state index contributed by atoms with van der Waals surface area (Å²) >= 11 is 0. The van der Waals surface area contributed by atoms with Crippen LogP contribution in [-0.2, 0) is 0 Å². The Hall–Kier alpha value is -1.68. The Kier molecular flexibility index (Phi) is 3.54. The number of nitrogens with zero attached hydrogens (tertiary/aromatic N) is 3. The Bertz CT molecular complexity index is 490. The second-order valence-electron chi connectivity index (χ2n) is 4.04. The van der Waals surface area contributed by atoms with Gasteiger partial charge in [-0.2, -0.15) is 0 Å². The Labute approximate surface area is 102 Å². The van der Waals surface area contributed by atoms with Gasteiger partial charge in [0, 0.05) is 30.2 Å². The molecule has 2 rings (SSSR count). The number of aromatic nitrogens is 3. The molecule has 0 aliphatic heterocycles. The van der Waals surface area contributed by atoms with Crippen molar-refractivity contribution in [1.29, 1.82) is 0 Å². The summed E-state index contributed by atoms with van der Waals surface area (Å²) in [5.74, 6) is 1.91. The quantitative estimate of drug-likeness (QED) is 0.876. The van der Waals surface area contributed by atoms with Crippen LogP contribution in [0, 0.1) is 6.92 Å². The van der Waals surface area contributed by atoms with E-state index >= 15 is 0 Å². The summed E-state index contributed by atoms with van der Waals surface area (Å²) in [7, 11) is 0. The molecule has 0 aliphatic rings. The lowest BCUT2D eigenvalue weighted by molar-refractivity contribution is 0.592. The highest BCUT2D eigenvalue weighted by Gasteiger charge is 2.12. The van der Waals surface area contributed by atoms with Crippen LogP contribution in [0.5, 0.6) is 0 Å². The Morgan fingerprint density at radius 2 is 2.18 bits per heavy atom. The predicted octanol–water partition coefficient (Wildman–Crippen LogP) is 2.25. The van der Waals surface area contributed by atoms with Crippen LogP contribution < -0.4 is 5.32 Å². The molecule has 4 nitrogen and oxygen atoms in total. The van der Waals surface area contributed by atoms with Crippen LogP contribution in [0.3, 0.4) is 0 Å². The lowest BCUT2D eigenvalue weighted by Gasteiger charge is -2.17. The standard InChI is InChI=1S/C13H18N4/c1-4-14-10(2)12-6-5-7-16-13(12)17-9-8-15-11(17)3/h5-10,14H,4H2,1-3H3. The van der Waals surface area contributed by atoms with Gasteiger partial charge in [-0.25, -0.2) is 9.97 Å². The summed E-state index contributed by atoms with van der Waals surface area (Å²) < 4.78 is 2.02. The highest BCUT2D eigenvalue weighted by atomic mass is 15.1. The molecule has 90 valence electrons. The normalized spacial score (nSPS) is 12.6. The second-order valence-corrected chi connectivity index (χ2v) is 4.04. The average molecular weight is 230 g/mol. The van der Waals surface area contributed by atoms with Gasteiger partial charge < -0.3 is 5.32 Å². The van der Waals surface area contributed by atoms with Gasteiger partial charge in [-0.15, -0.1) is 0 Å². The van der Waals surface area contributed by atoms with E-state index in [1.807, 2.05) is 30.0 Å². The molecule has 0 aromatic carbocycles. The van der Waals surface area contributed by atoms with Crippen molar-refractivity contribution in [3.05, 3.63) is 42.1 Å². The number of hydrogen-bond acceptors (Lipinski definition) is 3. The zero-order chi connectivity index (χ0) is 12.3. The molecule has 17 heavy (non-hydrogen) atoms. The summed E-state index contributed by atoms with van der Waals surface area (Å²) in [5, 5.41) is 3.41. The molecule has 0 bridgehead atoms. The van der Waals surface area contributed by atoms with E-state index in [4.69, 9.17) is 0 Å². The molecule has 2 aromatic heterocycles. The topological polar surface area (TPSA) is 42.7 Å². The van der Waals surface area contributed by atoms with Gasteiger partial charge >= 0.3 is 0 Å². The number of rotatable bonds is 4. The van der Waals surface area contributed by atoms with Gasteiger partial charge in [0.2, 0.25) is 0 Å². The molecule has 0 fully saturated rings. The van der Waals surface area contributed by atoms with Crippen LogP contribution >= 0.6 is 0 Å². The van der Waals surface area contributed by atoms with Crippen LogP contribution in [0.1, 0.15) is 31.3 Å². The zero-order valence-corrected chi connectivity index (χ0v) is 10.5. The summed E-state index contributed by atoms with van der Waals surface area (Å²) in [6, 6.07) is 4.36. The first-order chi connectivity index (χ1) is 8.24. The van der Waals surface area contributed by atoms with Crippen LogP contribution in [0.2, 0.25) is 0 Å². The number of nitrogens with one attached hydrogen (secondary N) is 1. The highest BCUT2D eigenvalue weighted by molar-refractivity contribution is 5.36. The van der Waals surface area contributed by atoms with Gasteiger partial charge in [0.1, 0.15) is 11.6 Å². The van der Waals surface area contributed by atoms with Crippen LogP contribution in [0.15, 0.2) is 30.7 Å². The van der Waals surface area contributed by atoms with Crippen LogP contribution in [0.4, 0.5) is 0 Å². The minimum atomic E-state index is 0.283. The van der Waals surface area contributed by atoms with E-state index in [1.165, 1.54) is 5.56 Å². The third-order valence-corrected chi connectivity index (χ3v) is 2.85. The molecule has 0 aliphatic carbocycles. The van der Waals surface area contributed by atoms with Gasteiger partial charge in [-0.3, -0.25) is 4.57 Å². The fourth-order valence-electron chi connectivity index (χ4n) is 1.97. The minimum Gasteiger partial charge on any atom is -0.310 e. The molecule has 4 heteroatoms. The molecule has 0 amide bonds. The zero-order valence-electron chi connectivity index (χ0n) is 10.5. The van der Waals surface area contributed by atoms with Crippen molar-refractivity contribution in [2.24, 2.45) is 0 Å². The Morgan fingerprint density at radius 1 is 1.35 bits per heavy atom. The first-order valence-electron chi connectivity index (χ1n) is 5.92. The fraction of sp³-hybridized carbons (Fsp3) is 0.385. The van der Waals surface area contributed by atoms with Crippen molar-refractivity contribution in [1.82, 2.24) is 19.9 Å². The van der Waals surface area contributed by atoms with Gasteiger partial charge in [-0.05, 0) is 26.5 Å². The van der Waals surface area contributed by atoms with E-state index in [9.17, 15) is 0 Å². The summed E-state index contributed by atoms with van der Waals surface area (Å²) in [4.78, 5) is 8.71. The first kappa shape index (κ1) is 11.8. The van der Waals surface area contributed by atoms with E-state index in [-0.39, 0.29) is 6.04 Å². The maximum absolute atomic E-state index is 4.47. The largest absolute Gasteiger partial charge is 0.310 e. The summed E-state index contributed by atoms with van der Waals surface area (Å²) in [6.45, 7) is 7.18. The van der Waals surface area contributed by atoms with Crippen molar-refractivity contribution >= 4 is 0 Å². The van der Waals surface area contributed by atoms with Crippen molar-refractivity contribution in [3.63, 3.8) is 0 Å². The van der Waals surface area contributed by atoms with E-state index < -0.39 is 0 Å². The van der Waals surface area contributed by atoms with Crippen molar-refractivity contribution < 1.29 is 0 Å². The molecule has 1 atom stereocenters. The molecule has 0 radical (unpaired) electrons. The second kappa shape index (κ2) is 5.10. The SMILES string of the molecule is CCNC(C)c1cccnc1-n1ccnc1C. The maximum atomic E-state index is 4.47.